The summed E-state index contributed by atoms with van der Waals surface area (Å²) in [6.07, 6.45) is 3.79. The average molecular weight is 276 g/mol. The van der Waals surface area contributed by atoms with Crippen molar-refractivity contribution in [2.75, 3.05) is 0 Å². The summed E-state index contributed by atoms with van der Waals surface area (Å²) >= 11 is 0. The van der Waals surface area contributed by atoms with E-state index in [2.05, 4.69) is 55.2 Å². The molecule has 0 spiro atoms. The van der Waals surface area contributed by atoms with Gasteiger partial charge in [-0.2, -0.15) is 0 Å². The van der Waals surface area contributed by atoms with Crippen LogP contribution in [0, 0.1) is 0 Å². The highest BCUT2D eigenvalue weighted by Crippen LogP contribution is 2.37. The molecular formula is C19H20N2. The molecule has 106 valence electrons. The molecule has 0 saturated carbocycles. The number of nitrogens with zero attached hydrogens (tertiary/aromatic N) is 1. The van der Waals surface area contributed by atoms with Crippen molar-refractivity contribution in [3.8, 4) is 0 Å². The molecule has 3 rings (SSSR count). The Balaban J connectivity index is 2.10. The summed E-state index contributed by atoms with van der Waals surface area (Å²) in [6.45, 7) is 4.38. The number of hydrogen-bond acceptors (Lipinski definition) is 2. The zero-order chi connectivity index (χ0) is 14.9. The van der Waals surface area contributed by atoms with Crippen LogP contribution in [0.1, 0.15) is 31.0 Å². The summed E-state index contributed by atoms with van der Waals surface area (Å²) in [5, 5.41) is 2.32. The molecule has 0 fully saturated rings. The quantitative estimate of drug-likeness (QED) is 0.778. The standard InChI is InChI=1S/C19H20N2/c1-19(2,15-9-4-3-5-10-15)18(20)17-13-21-12-14-8-6-7-11-16(14)17/h3-13,18H,20H2,1-2H3. The maximum absolute atomic E-state index is 6.63. The van der Waals surface area contributed by atoms with Gasteiger partial charge in [-0.3, -0.25) is 4.98 Å². The maximum Gasteiger partial charge on any atom is 0.0409 e. The van der Waals surface area contributed by atoms with Crippen LogP contribution in [0.15, 0.2) is 67.0 Å². The topological polar surface area (TPSA) is 38.9 Å². The van der Waals surface area contributed by atoms with Crippen LogP contribution in [0.2, 0.25) is 0 Å². The molecule has 2 nitrogen and oxygen atoms in total. The van der Waals surface area contributed by atoms with Gasteiger partial charge in [0.1, 0.15) is 0 Å². The number of pyridine rings is 1. The van der Waals surface area contributed by atoms with Crippen molar-refractivity contribution in [2.45, 2.75) is 25.3 Å². The van der Waals surface area contributed by atoms with Gasteiger partial charge in [0.05, 0.1) is 0 Å². The molecule has 0 aliphatic heterocycles. The van der Waals surface area contributed by atoms with E-state index >= 15 is 0 Å². The molecule has 0 amide bonds. The van der Waals surface area contributed by atoms with E-state index in [9.17, 15) is 0 Å². The first-order valence-corrected chi connectivity index (χ1v) is 7.24. The minimum absolute atomic E-state index is 0.113. The Morgan fingerprint density at radius 3 is 2.33 bits per heavy atom. The number of fused-ring (bicyclic) bond motifs is 1. The highest BCUT2D eigenvalue weighted by Gasteiger charge is 2.30. The van der Waals surface area contributed by atoms with Gasteiger partial charge in [0.2, 0.25) is 0 Å². The minimum atomic E-state index is -0.160. The van der Waals surface area contributed by atoms with Gasteiger partial charge in [0.25, 0.3) is 0 Å². The first kappa shape index (κ1) is 13.8. The molecule has 2 aromatic carbocycles. The molecular weight excluding hydrogens is 256 g/mol. The van der Waals surface area contributed by atoms with E-state index in [0.717, 1.165) is 10.9 Å². The Hall–Kier alpha value is -2.19. The van der Waals surface area contributed by atoms with Crippen LogP contribution in [0.5, 0.6) is 0 Å². The van der Waals surface area contributed by atoms with E-state index in [4.69, 9.17) is 5.73 Å². The monoisotopic (exact) mass is 276 g/mol. The number of hydrogen-bond donors (Lipinski definition) is 1. The summed E-state index contributed by atoms with van der Waals surface area (Å²) in [6, 6.07) is 18.6. The first-order valence-electron chi connectivity index (χ1n) is 7.24. The van der Waals surface area contributed by atoms with E-state index in [0.29, 0.717) is 0 Å². The lowest BCUT2D eigenvalue weighted by Gasteiger charge is -2.33. The Morgan fingerprint density at radius 1 is 0.905 bits per heavy atom. The van der Waals surface area contributed by atoms with Gasteiger partial charge in [-0.1, -0.05) is 68.4 Å². The van der Waals surface area contributed by atoms with Crippen LogP contribution in [0.25, 0.3) is 10.8 Å². The zero-order valence-electron chi connectivity index (χ0n) is 12.5. The fraction of sp³-hybridized carbons (Fsp3) is 0.211. The predicted molar refractivity (Wildman–Crippen MR) is 88.1 cm³/mol. The SMILES string of the molecule is CC(C)(c1ccccc1)C(N)c1cncc2ccccc12. The second kappa shape index (κ2) is 5.30. The molecule has 1 heterocycles. The molecule has 3 aromatic rings. The molecule has 2 heteroatoms. The highest BCUT2D eigenvalue weighted by atomic mass is 14.7. The lowest BCUT2D eigenvalue weighted by atomic mass is 9.75. The van der Waals surface area contributed by atoms with Crippen molar-refractivity contribution in [2.24, 2.45) is 5.73 Å². The van der Waals surface area contributed by atoms with E-state index in [1.807, 2.05) is 30.6 Å². The number of aromatic nitrogens is 1. The van der Waals surface area contributed by atoms with E-state index in [1.54, 1.807) is 0 Å². The molecule has 0 bridgehead atoms. The van der Waals surface area contributed by atoms with Gasteiger partial charge in [-0.15, -0.1) is 0 Å². The van der Waals surface area contributed by atoms with Crippen LogP contribution in [-0.2, 0) is 5.41 Å². The number of rotatable bonds is 3. The van der Waals surface area contributed by atoms with Gasteiger partial charge >= 0.3 is 0 Å². The molecule has 0 radical (unpaired) electrons. The van der Waals surface area contributed by atoms with E-state index < -0.39 is 0 Å². The first-order chi connectivity index (χ1) is 10.1. The van der Waals surface area contributed by atoms with Crippen LogP contribution in [0.3, 0.4) is 0 Å². The van der Waals surface area contributed by atoms with Crippen LogP contribution in [0.4, 0.5) is 0 Å². The van der Waals surface area contributed by atoms with Gasteiger partial charge in [0.15, 0.2) is 0 Å². The molecule has 1 unspecified atom stereocenters. The lowest BCUT2D eigenvalue weighted by Crippen LogP contribution is -2.33. The normalized spacial score (nSPS) is 13.3. The van der Waals surface area contributed by atoms with Crippen molar-refractivity contribution in [3.05, 3.63) is 78.1 Å². The van der Waals surface area contributed by atoms with E-state index in [-0.39, 0.29) is 11.5 Å². The molecule has 21 heavy (non-hydrogen) atoms. The Labute approximate surface area is 125 Å². The molecule has 0 aliphatic carbocycles. The van der Waals surface area contributed by atoms with Crippen LogP contribution >= 0.6 is 0 Å². The molecule has 1 aromatic heterocycles. The van der Waals surface area contributed by atoms with Gasteiger partial charge in [-0.25, -0.2) is 0 Å². The predicted octanol–water partition coefficient (Wildman–Crippen LogP) is 4.21. The largest absolute Gasteiger partial charge is 0.323 e. The van der Waals surface area contributed by atoms with Crippen LogP contribution < -0.4 is 5.73 Å². The van der Waals surface area contributed by atoms with Crippen molar-refractivity contribution in [1.82, 2.24) is 4.98 Å². The second-order valence-corrected chi connectivity index (χ2v) is 6.02. The summed E-state index contributed by atoms with van der Waals surface area (Å²) in [5.41, 5.74) is 8.81. The van der Waals surface area contributed by atoms with Gasteiger partial charge in [0, 0.05) is 29.2 Å². The fourth-order valence-corrected chi connectivity index (χ4v) is 2.82. The van der Waals surface area contributed by atoms with Crippen molar-refractivity contribution in [3.63, 3.8) is 0 Å². The lowest BCUT2D eigenvalue weighted by molar-refractivity contribution is 0.422. The Morgan fingerprint density at radius 2 is 1.57 bits per heavy atom. The van der Waals surface area contributed by atoms with Crippen molar-refractivity contribution < 1.29 is 0 Å². The van der Waals surface area contributed by atoms with Crippen molar-refractivity contribution >= 4 is 10.8 Å². The van der Waals surface area contributed by atoms with Crippen LogP contribution in [-0.4, -0.2) is 4.98 Å². The van der Waals surface area contributed by atoms with Gasteiger partial charge < -0.3 is 5.73 Å². The molecule has 0 saturated heterocycles. The Bertz CT molecular complexity index is 742. The smallest absolute Gasteiger partial charge is 0.0409 e. The third-order valence-corrected chi connectivity index (χ3v) is 4.33. The summed E-state index contributed by atoms with van der Waals surface area (Å²) in [5.74, 6) is 0. The average Bonchev–Trinajstić information content (AvgIpc) is 2.54. The molecule has 2 N–H and O–H groups in total. The summed E-state index contributed by atoms with van der Waals surface area (Å²) in [4.78, 5) is 4.36. The number of benzene rings is 2. The van der Waals surface area contributed by atoms with Gasteiger partial charge in [-0.05, 0) is 16.5 Å². The summed E-state index contributed by atoms with van der Waals surface area (Å²) in [7, 11) is 0. The summed E-state index contributed by atoms with van der Waals surface area (Å²) < 4.78 is 0. The third kappa shape index (κ3) is 2.43. The maximum atomic E-state index is 6.63. The molecule has 1 atom stereocenters. The minimum Gasteiger partial charge on any atom is -0.323 e. The second-order valence-electron chi connectivity index (χ2n) is 6.02. The molecule has 0 aliphatic rings. The highest BCUT2D eigenvalue weighted by molar-refractivity contribution is 5.85. The third-order valence-electron chi connectivity index (χ3n) is 4.33. The fourth-order valence-electron chi connectivity index (χ4n) is 2.82. The van der Waals surface area contributed by atoms with Crippen molar-refractivity contribution in [1.29, 1.82) is 0 Å². The zero-order valence-corrected chi connectivity index (χ0v) is 12.5. The van der Waals surface area contributed by atoms with E-state index in [1.165, 1.54) is 10.9 Å². The Kier molecular flexibility index (Phi) is 3.48. The number of nitrogens with two attached hydrogens (primary N) is 1.